The van der Waals surface area contributed by atoms with E-state index in [-0.39, 0.29) is 18.2 Å². The van der Waals surface area contributed by atoms with Crippen molar-refractivity contribution in [2.24, 2.45) is 7.05 Å². The molecule has 10 heteroatoms. The lowest BCUT2D eigenvalue weighted by Crippen LogP contribution is -2.49. The number of nitrogens with zero attached hydrogens (tertiary/aromatic N) is 5. The molecule has 0 saturated carbocycles. The minimum Gasteiger partial charge on any atom is -0.392 e. The van der Waals surface area contributed by atoms with E-state index in [9.17, 15) is 4.79 Å². The van der Waals surface area contributed by atoms with E-state index in [4.69, 9.17) is 5.11 Å². The minimum atomic E-state index is -0.615. The highest BCUT2D eigenvalue weighted by molar-refractivity contribution is 7.19. The number of carbonyl (C=O) groups is 1. The zero-order valence-corrected chi connectivity index (χ0v) is 20.0. The second kappa shape index (κ2) is 10.0. The van der Waals surface area contributed by atoms with Crippen molar-refractivity contribution in [3.05, 3.63) is 65.1 Å². The average molecular weight is 493 g/mol. The Morgan fingerprint density at radius 2 is 2.26 bits per heavy atom. The van der Waals surface area contributed by atoms with Gasteiger partial charge in [-0.3, -0.25) is 14.4 Å². The van der Waals surface area contributed by atoms with Crippen molar-refractivity contribution in [2.45, 2.75) is 18.9 Å². The maximum absolute atomic E-state index is 15.3. The normalized spacial score (nSPS) is 16.3. The van der Waals surface area contributed by atoms with Crippen LogP contribution in [0.2, 0.25) is 0 Å². The Bertz CT molecular complexity index is 1390. The van der Waals surface area contributed by atoms with E-state index in [1.807, 2.05) is 18.2 Å². The molecule has 1 saturated heterocycles. The second-order valence-electron chi connectivity index (χ2n) is 8.43. The lowest BCUT2D eigenvalue weighted by Gasteiger charge is -2.34. The molecule has 4 aromatic rings. The number of aromatic nitrogens is 4. The van der Waals surface area contributed by atoms with Gasteiger partial charge in [0.25, 0.3) is 5.91 Å². The molecule has 1 amide bonds. The van der Waals surface area contributed by atoms with Gasteiger partial charge in [0.2, 0.25) is 0 Å². The number of rotatable bonds is 6. The highest BCUT2D eigenvalue weighted by atomic mass is 32.1. The molecule has 5 rings (SSSR count). The average Bonchev–Trinajstić information content (AvgIpc) is 3.50. The number of hydrogen-bond acceptors (Lipinski definition) is 7. The minimum absolute atomic E-state index is 0.0161. The third-order valence-electron chi connectivity index (χ3n) is 6.01. The molecular formula is C25H25FN6O2S. The van der Waals surface area contributed by atoms with Gasteiger partial charge >= 0.3 is 0 Å². The largest absolute Gasteiger partial charge is 0.392 e. The third-order valence-corrected chi connectivity index (χ3v) is 7.08. The van der Waals surface area contributed by atoms with Crippen LogP contribution in [-0.4, -0.2) is 56.7 Å². The standard InChI is InChI=1S/C25H25FN6O2S/c1-31-15-22(29-30-31)16-6-7-19(21(26)12-16)25(34)32(17-4-2-9-27-14-17)24-20-13-18(5-3-11-33)35-23(20)8-10-28-24/h3,5-8,10,12-13,15,17,27,33H,2,4,9,11,14H2,1H3/b5-3-/t17-/m1/s1. The molecule has 0 aliphatic carbocycles. The summed E-state index contributed by atoms with van der Waals surface area (Å²) in [5, 5.41) is 21.2. The first-order valence-corrected chi connectivity index (χ1v) is 12.2. The number of halogens is 1. The zero-order chi connectivity index (χ0) is 24.4. The number of aryl methyl sites for hydroxylation is 1. The van der Waals surface area contributed by atoms with Crippen LogP contribution in [-0.2, 0) is 7.05 Å². The van der Waals surface area contributed by atoms with Crippen molar-refractivity contribution in [1.82, 2.24) is 25.3 Å². The fraction of sp³-hybridized carbons (Fsp3) is 0.280. The van der Waals surface area contributed by atoms with Gasteiger partial charge in [-0.05, 0) is 49.7 Å². The van der Waals surface area contributed by atoms with Gasteiger partial charge in [0.15, 0.2) is 0 Å². The van der Waals surface area contributed by atoms with Crippen molar-refractivity contribution < 1.29 is 14.3 Å². The summed E-state index contributed by atoms with van der Waals surface area (Å²) in [6.07, 6.45) is 8.58. The van der Waals surface area contributed by atoms with Crippen LogP contribution in [0.4, 0.5) is 10.2 Å². The van der Waals surface area contributed by atoms with Gasteiger partial charge < -0.3 is 10.4 Å². The topological polar surface area (TPSA) is 96.2 Å². The van der Waals surface area contributed by atoms with Crippen LogP contribution in [0, 0.1) is 5.82 Å². The van der Waals surface area contributed by atoms with E-state index in [2.05, 4.69) is 20.6 Å². The number of piperidine rings is 1. The molecule has 35 heavy (non-hydrogen) atoms. The lowest BCUT2D eigenvalue weighted by molar-refractivity contribution is 0.0968. The predicted octanol–water partition coefficient (Wildman–Crippen LogP) is 3.64. The molecule has 8 nitrogen and oxygen atoms in total. The molecule has 0 radical (unpaired) electrons. The van der Waals surface area contributed by atoms with E-state index in [1.54, 1.807) is 52.5 Å². The molecule has 1 aliphatic rings. The van der Waals surface area contributed by atoms with Gasteiger partial charge in [0.1, 0.15) is 17.3 Å². The van der Waals surface area contributed by atoms with Crippen LogP contribution >= 0.6 is 11.3 Å². The van der Waals surface area contributed by atoms with Gasteiger partial charge in [0, 0.05) is 40.3 Å². The highest BCUT2D eigenvalue weighted by Crippen LogP contribution is 2.35. The Kier molecular flexibility index (Phi) is 6.67. The summed E-state index contributed by atoms with van der Waals surface area (Å²) in [4.78, 5) is 21.1. The molecule has 0 spiro atoms. The predicted molar refractivity (Wildman–Crippen MR) is 135 cm³/mol. The molecule has 1 fully saturated rings. The molecule has 180 valence electrons. The van der Waals surface area contributed by atoms with E-state index in [0.717, 1.165) is 34.3 Å². The van der Waals surface area contributed by atoms with Crippen molar-refractivity contribution >= 4 is 39.2 Å². The maximum atomic E-state index is 15.3. The summed E-state index contributed by atoms with van der Waals surface area (Å²) < 4.78 is 17.8. The number of pyridine rings is 1. The van der Waals surface area contributed by atoms with Crippen LogP contribution in [0.1, 0.15) is 28.1 Å². The number of amides is 1. The fourth-order valence-electron chi connectivity index (χ4n) is 4.36. The summed E-state index contributed by atoms with van der Waals surface area (Å²) in [6, 6.07) is 8.22. The Balaban J connectivity index is 1.57. The Labute approximate surface area is 205 Å². The number of fused-ring (bicyclic) bond motifs is 1. The third kappa shape index (κ3) is 4.72. The quantitative estimate of drug-likeness (QED) is 0.427. The lowest BCUT2D eigenvalue weighted by atomic mass is 10.0. The van der Waals surface area contributed by atoms with Gasteiger partial charge in [0.05, 0.1) is 24.4 Å². The number of aliphatic hydroxyl groups excluding tert-OH is 1. The van der Waals surface area contributed by atoms with E-state index in [0.29, 0.717) is 23.6 Å². The summed E-state index contributed by atoms with van der Waals surface area (Å²) in [5.74, 6) is -0.532. The molecular weight excluding hydrogens is 467 g/mol. The molecule has 1 aliphatic heterocycles. The number of hydrogen-bond donors (Lipinski definition) is 2. The Morgan fingerprint density at radius 1 is 1.37 bits per heavy atom. The molecule has 2 N–H and O–H groups in total. The molecule has 1 atom stereocenters. The monoisotopic (exact) mass is 492 g/mol. The van der Waals surface area contributed by atoms with Gasteiger partial charge in [-0.1, -0.05) is 17.4 Å². The van der Waals surface area contributed by atoms with E-state index < -0.39 is 11.7 Å². The van der Waals surface area contributed by atoms with Crippen LogP contribution < -0.4 is 10.2 Å². The fourth-order valence-corrected chi connectivity index (χ4v) is 5.34. The first-order valence-electron chi connectivity index (χ1n) is 11.4. The first kappa shape index (κ1) is 23.3. The summed E-state index contributed by atoms with van der Waals surface area (Å²) in [6.45, 7) is 1.43. The Morgan fingerprint density at radius 3 is 2.97 bits per heavy atom. The summed E-state index contributed by atoms with van der Waals surface area (Å²) >= 11 is 1.55. The van der Waals surface area contributed by atoms with E-state index >= 15 is 4.39 Å². The van der Waals surface area contributed by atoms with E-state index in [1.165, 1.54) is 12.1 Å². The Hall–Kier alpha value is -3.47. The van der Waals surface area contributed by atoms with Crippen LogP contribution in [0.15, 0.2) is 48.8 Å². The molecule has 0 unspecified atom stereocenters. The van der Waals surface area contributed by atoms with Gasteiger partial charge in [-0.15, -0.1) is 16.4 Å². The van der Waals surface area contributed by atoms with Crippen LogP contribution in [0.5, 0.6) is 0 Å². The smallest absolute Gasteiger partial charge is 0.262 e. The first-order chi connectivity index (χ1) is 17.0. The SMILES string of the molecule is Cn1cc(-c2ccc(C(=O)N(c3nccc4sc(/C=C\CO)cc34)[C@@H]3CCCNC3)c(F)c2)nn1. The molecule has 3 aromatic heterocycles. The van der Waals surface area contributed by atoms with Gasteiger partial charge in [-0.2, -0.15) is 0 Å². The van der Waals surface area contributed by atoms with Crippen molar-refractivity contribution in [2.75, 3.05) is 24.6 Å². The summed E-state index contributed by atoms with van der Waals surface area (Å²) in [5.41, 5.74) is 1.07. The second-order valence-corrected chi connectivity index (χ2v) is 9.54. The molecule has 0 bridgehead atoms. The van der Waals surface area contributed by atoms with Gasteiger partial charge in [-0.25, -0.2) is 9.37 Å². The molecule has 4 heterocycles. The number of carbonyl (C=O) groups excluding carboxylic acids is 1. The summed E-state index contributed by atoms with van der Waals surface area (Å²) in [7, 11) is 1.74. The van der Waals surface area contributed by atoms with Crippen molar-refractivity contribution in [3.8, 4) is 11.3 Å². The number of benzene rings is 1. The molecule has 1 aromatic carbocycles. The van der Waals surface area contributed by atoms with Crippen LogP contribution in [0.3, 0.4) is 0 Å². The number of thiophene rings is 1. The van der Waals surface area contributed by atoms with Crippen LogP contribution in [0.25, 0.3) is 27.4 Å². The van der Waals surface area contributed by atoms with Crippen molar-refractivity contribution in [1.29, 1.82) is 0 Å². The highest BCUT2D eigenvalue weighted by Gasteiger charge is 2.31. The number of anilines is 1. The van der Waals surface area contributed by atoms with Crippen molar-refractivity contribution in [3.63, 3.8) is 0 Å². The maximum Gasteiger partial charge on any atom is 0.262 e. The number of nitrogens with one attached hydrogen (secondary N) is 1. The number of aliphatic hydroxyl groups is 1. The zero-order valence-electron chi connectivity index (χ0n) is 19.2.